The summed E-state index contributed by atoms with van der Waals surface area (Å²) in [6, 6.07) is 1.41. The highest BCUT2D eigenvalue weighted by Crippen LogP contribution is 2.39. The molecule has 2 aromatic rings. The third-order valence-corrected chi connectivity index (χ3v) is 4.65. The molecule has 0 spiro atoms. The Morgan fingerprint density at radius 2 is 2.04 bits per heavy atom. The van der Waals surface area contributed by atoms with Gasteiger partial charge in [0.15, 0.2) is 5.82 Å². The van der Waals surface area contributed by atoms with Crippen LogP contribution in [0.3, 0.4) is 0 Å². The van der Waals surface area contributed by atoms with Crippen molar-refractivity contribution in [1.82, 2.24) is 14.5 Å². The summed E-state index contributed by atoms with van der Waals surface area (Å²) >= 11 is 6.09. The molecule has 140 valence electrons. The first-order chi connectivity index (χ1) is 12.3. The van der Waals surface area contributed by atoms with Crippen LogP contribution < -0.4 is 15.6 Å². The van der Waals surface area contributed by atoms with Crippen LogP contribution in [-0.4, -0.2) is 21.1 Å². The second-order valence-electron chi connectivity index (χ2n) is 6.44. The zero-order valence-corrected chi connectivity index (χ0v) is 15.3. The summed E-state index contributed by atoms with van der Waals surface area (Å²) in [5, 5.41) is 3.15. The molecule has 0 saturated heterocycles. The van der Waals surface area contributed by atoms with Crippen LogP contribution in [-0.2, 0) is 0 Å². The topological polar surface area (TPSA) is 69.0 Å². The molecule has 0 aromatic carbocycles. The van der Waals surface area contributed by atoms with E-state index >= 15 is 0 Å². The minimum atomic E-state index is -2.95. The highest BCUT2D eigenvalue weighted by molar-refractivity contribution is 6.29. The van der Waals surface area contributed by atoms with Gasteiger partial charge in [-0.05, 0) is 45.1 Å². The van der Waals surface area contributed by atoms with Crippen molar-refractivity contribution in [3.63, 3.8) is 0 Å². The molecule has 1 N–H and O–H groups in total. The fourth-order valence-corrected chi connectivity index (χ4v) is 3.11. The first-order valence-corrected chi connectivity index (χ1v) is 8.62. The largest absolute Gasteiger partial charge is 0.417 e. The summed E-state index contributed by atoms with van der Waals surface area (Å²) < 4.78 is 30.7. The maximum absolute atomic E-state index is 12.8. The lowest BCUT2D eigenvalue weighted by molar-refractivity contribution is -0.0529. The number of anilines is 2. The van der Waals surface area contributed by atoms with E-state index in [0.717, 1.165) is 12.8 Å². The quantitative estimate of drug-likeness (QED) is 0.807. The van der Waals surface area contributed by atoms with Crippen molar-refractivity contribution in [2.75, 3.05) is 5.32 Å². The Hall–Kier alpha value is -2.22. The predicted octanol–water partition coefficient (Wildman–Crippen LogP) is 4.22. The Bertz CT molecular complexity index is 861. The average molecular weight is 385 g/mol. The fourth-order valence-electron chi connectivity index (χ4n) is 2.92. The van der Waals surface area contributed by atoms with E-state index in [1.165, 1.54) is 12.3 Å². The van der Waals surface area contributed by atoms with Crippen molar-refractivity contribution in [2.24, 2.45) is 5.92 Å². The normalized spacial score (nSPS) is 15.2. The van der Waals surface area contributed by atoms with Crippen LogP contribution >= 0.6 is 11.6 Å². The molecule has 1 atom stereocenters. The third kappa shape index (κ3) is 3.95. The molecule has 1 saturated carbocycles. The molecule has 0 amide bonds. The highest BCUT2D eigenvalue weighted by Gasteiger charge is 2.30. The highest BCUT2D eigenvalue weighted by atomic mass is 35.5. The van der Waals surface area contributed by atoms with E-state index in [-0.39, 0.29) is 28.5 Å². The maximum atomic E-state index is 12.8. The summed E-state index contributed by atoms with van der Waals surface area (Å²) in [6.45, 7) is 2.36. The Labute approximate surface area is 154 Å². The van der Waals surface area contributed by atoms with Gasteiger partial charge in [0.05, 0.1) is 11.4 Å². The Balaban J connectivity index is 1.95. The number of nitrogens with one attached hydrogen (secondary N) is 1. The maximum Gasteiger partial charge on any atom is 0.388 e. The zero-order chi connectivity index (χ0) is 19.0. The molecular weight excluding hydrogens is 366 g/mol. The van der Waals surface area contributed by atoms with E-state index in [4.69, 9.17) is 11.6 Å². The van der Waals surface area contributed by atoms with Gasteiger partial charge in [0, 0.05) is 18.3 Å². The van der Waals surface area contributed by atoms with Crippen molar-refractivity contribution >= 4 is 23.1 Å². The molecule has 0 bridgehead atoms. The van der Waals surface area contributed by atoms with Crippen LogP contribution in [0, 0.1) is 19.8 Å². The minimum Gasteiger partial charge on any atom is -0.417 e. The number of aryl methyl sites for hydroxylation is 2. The summed E-state index contributed by atoms with van der Waals surface area (Å²) in [7, 11) is 0. The molecule has 26 heavy (non-hydrogen) atoms. The van der Waals surface area contributed by atoms with Crippen molar-refractivity contribution < 1.29 is 13.5 Å². The Morgan fingerprint density at radius 1 is 1.35 bits per heavy atom. The summed E-state index contributed by atoms with van der Waals surface area (Å²) in [5.41, 5.74) is 1.21. The van der Waals surface area contributed by atoms with Gasteiger partial charge < -0.3 is 14.6 Å². The molecule has 3 rings (SSSR count). The van der Waals surface area contributed by atoms with Gasteiger partial charge in [-0.1, -0.05) is 11.6 Å². The number of alkyl halides is 2. The second kappa shape index (κ2) is 7.19. The van der Waals surface area contributed by atoms with Gasteiger partial charge in [0.25, 0.3) is 5.56 Å². The van der Waals surface area contributed by atoms with Crippen LogP contribution in [0.15, 0.2) is 17.1 Å². The number of hydrogen-bond acceptors (Lipinski definition) is 5. The van der Waals surface area contributed by atoms with Crippen molar-refractivity contribution in [1.29, 1.82) is 0 Å². The summed E-state index contributed by atoms with van der Waals surface area (Å²) in [4.78, 5) is 20.8. The van der Waals surface area contributed by atoms with Gasteiger partial charge in [-0.3, -0.25) is 4.79 Å². The fraction of sp³-hybridized carbons (Fsp3) is 0.471. The minimum absolute atomic E-state index is 0.0330. The lowest BCUT2D eigenvalue weighted by Gasteiger charge is -2.17. The molecule has 2 heterocycles. The van der Waals surface area contributed by atoms with Gasteiger partial charge in [0.2, 0.25) is 5.88 Å². The van der Waals surface area contributed by atoms with E-state index in [1.54, 1.807) is 18.4 Å². The smallest absolute Gasteiger partial charge is 0.388 e. The van der Waals surface area contributed by atoms with Crippen LogP contribution in [0.5, 0.6) is 5.88 Å². The van der Waals surface area contributed by atoms with E-state index in [2.05, 4.69) is 20.0 Å². The predicted molar refractivity (Wildman–Crippen MR) is 94.6 cm³/mol. The van der Waals surface area contributed by atoms with Gasteiger partial charge in [-0.2, -0.15) is 8.78 Å². The number of nitrogens with zero attached hydrogens (tertiary/aromatic N) is 3. The summed E-state index contributed by atoms with van der Waals surface area (Å²) in [6.07, 6.45) is 3.71. The Kier molecular flexibility index (Phi) is 5.13. The monoisotopic (exact) mass is 384 g/mol. The van der Waals surface area contributed by atoms with Gasteiger partial charge in [-0.25, -0.2) is 9.97 Å². The summed E-state index contributed by atoms with van der Waals surface area (Å²) in [5.74, 6) is 0.356. The second-order valence-corrected chi connectivity index (χ2v) is 6.83. The SMILES string of the molecule is Cc1cc(OC(F)F)nc(C)c1Nc1nc(Cl)cn([C@H](C)C2CC2)c1=O. The van der Waals surface area contributed by atoms with E-state index in [9.17, 15) is 13.6 Å². The van der Waals surface area contributed by atoms with Gasteiger partial charge in [-0.15, -0.1) is 0 Å². The number of hydrogen-bond donors (Lipinski definition) is 1. The van der Waals surface area contributed by atoms with Crippen LogP contribution in [0.25, 0.3) is 0 Å². The van der Waals surface area contributed by atoms with Crippen molar-refractivity contribution in [3.8, 4) is 5.88 Å². The number of pyridine rings is 1. The van der Waals surface area contributed by atoms with E-state index in [0.29, 0.717) is 22.9 Å². The van der Waals surface area contributed by atoms with E-state index < -0.39 is 6.61 Å². The van der Waals surface area contributed by atoms with Gasteiger partial charge in [0.1, 0.15) is 5.15 Å². The molecular formula is C17H19ClF2N4O2. The molecule has 1 aliphatic carbocycles. The number of rotatable bonds is 6. The number of halogens is 3. The molecule has 0 unspecified atom stereocenters. The third-order valence-electron chi connectivity index (χ3n) is 4.47. The standard InChI is InChI=1S/C17H19ClF2N4O2/c1-8-6-13(26-17(19)20)21-9(2)14(8)23-15-16(25)24(7-12(18)22-15)10(3)11-4-5-11/h6-7,10-11,17H,4-5H2,1-3H3,(H,22,23)/t10-/m1/s1. The van der Waals surface area contributed by atoms with Crippen LogP contribution in [0.1, 0.15) is 37.1 Å². The lowest BCUT2D eigenvalue weighted by atomic mass is 10.2. The number of aromatic nitrogens is 3. The van der Waals surface area contributed by atoms with Crippen molar-refractivity contribution in [3.05, 3.63) is 39.0 Å². The molecule has 2 aromatic heterocycles. The molecule has 6 nitrogen and oxygen atoms in total. The van der Waals surface area contributed by atoms with Crippen molar-refractivity contribution in [2.45, 2.75) is 46.3 Å². The van der Waals surface area contributed by atoms with E-state index in [1.807, 2.05) is 6.92 Å². The van der Waals surface area contributed by atoms with Crippen LogP contribution in [0.4, 0.5) is 20.3 Å². The molecule has 0 aliphatic heterocycles. The molecule has 1 aliphatic rings. The van der Waals surface area contributed by atoms with Crippen LogP contribution in [0.2, 0.25) is 5.15 Å². The molecule has 9 heteroatoms. The first kappa shape index (κ1) is 18.6. The lowest BCUT2D eigenvalue weighted by Crippen LogP contribution is -2.27. The zero-order valence-electron chi connectivity index (χ0n) is 14.6. The van der Waals surface area contributed by atoms with Gasteiger partial charge >= 0.3 is 6.61 Å². The first-order valence-electron chi connectivity index (χ1n) is 8.25. The Morgan fingerprint density at radius 3 is 2.62 bits per heavy atom. The number of ether oxygens (including phenoxy) is 1. The molecule has 0 radical (unpaired) electrons. The average Bonchev–Trinajstić information content (AvgIpc) is 3.37. The molecule has 1 fully saturated rings.